The standard InChI is InChI=1S/C19H21N5O3/c1-12-20-19-21-16(9-17(25)24(19)22-12)11-23-8-2-3-15(10-23)13-4-6-14(7-5-13)18(26)27/h4-7,9,15H,2-3,8,10-11H2,1H3,(H,26,27)(H,20,21,22). The Morgan fingerprint density at radius 3 is 2.81 bits per heavy atom. The molecule has 8 heteroatoms. The van der Waals surface area contributed by atoms with Gasteiger partial charge in [0.1, 0.15) is 5.82 Å². The first-order valence-corrected chi connectivity index (χ1v) is 9.00. The van der Waals surface area contributed by atoms with Crippen LogP contribution in [0, 0.1) is 6.92 Å². The number of nitrogens with zero attached hydrogens (tertiary/aromatic N) is 4. The average molecular weight is 367 g/mol. The number of aromatic carboxylic acids is 1. The maximum absolute atomic E-state index is 12.2. The first-order valence-electron chi connectivity index (χ1n) is 9.00. The Morgan fingerprint density at radius 1 is 1.30 bits per heavy atom. The summed E-state index contributed by atoms with van der Waals surface area (Å²) in [4.78, 5) is 34.3. The molecule has 8 nitrogen and oxygen atoms in total. The fourth-order valence-corrected chi connectivity index (χ4v) is 3.71. The number of piperidine rings is 1. The first-order chi connectivity index (χ1) is 13.0. The smallest absolute Gasteiger partial charge is 0.335 e. The van der Waals surface area contributed by atoms with Gasteiger partial charge in [-0.1, -0.05) is 12.1 Å². The third-order valence-electron chi connectivity index (χ3n) is 5.02. The molecule has 1 aliphatic heterocycles. The van der Waals surface area contributed by atoms with Crippen molar-refractivity contribution in [3.05, 3.63) is 63.3 Å². The van der Waals surface area contributed by atoms with E-state index in [2.05, 4.69) is 20.0 Å². The van der Waals surface area contributed by atoms with Crippen LogP contribution in [0.15, 0.2) is 35.1 Å². The summed E-state index contributed by atoms with van der Waals surface area (Å²) >= 11 is 0. The molecule has 1 saturated heterocycles. The Bertz CT molecular complexity index is 1040. The number of nitrogens with one attached hydrogen (secondary N) is 1. The summed E-state index contributed by atoms with van der Waals surface area (Å²) < 4.78 is 1.35. The molecule has 0 saturated carbocycles. The van der Waals surface area contributed by atoms with Gasteiger partial charge in [0.05, 0.1) is 11.3 Å². The molecule has 1 unspecified atom stereocenters. The van der Waals surface area contributed by atoms with Crippen molar-refractivity contribution in [2.75, 3.05) is 13.1 Å². The van der Waals surface area contributed by atoms with E-state index in [-0.39, 0.29) is 5.56 Å². The van der Waals surface area contributed by atoms with Crippen molar-refractivity contribution < 1.29 is 9.90 Å². The number of carbonyl (C=O) groups is 1. The number of aryl methyl sites for hydroxylation is 1. The van der Waals surface area contributed by atoms with E-state index in [9.17, 15) is 9.59 Å². The van der Waals surface area contributed by atoms with E-state index in [0.717, 1.165) is 31.5 Å². The number of fused-ring (bicyclic) bond motifs is 1. The molecule has 1 aliphatic rings. The Morgan fingerprint density at radius 2 is 2.07 bits per heavy atom. The summed E-state index contributed by atoms with van der Waals surface area (Å²) in [6.45, 7) is 4.19. The van der Waals surface area contributed by atoms with Crippen LogP contribution in [0.1, 0.15) is 46.2 Å². The van der Waals surface area contributed by atoms with Gasteiger partial charge in [0.15, 0.2) is 0 Å². The van der Waals surface area contributed by atoms with Gasteiger partial charge in [-0.25, -0.2) is 9.78 Å². The number of rotatable bonds is 4. The number of hydrogen-bond acceptors (Lipinski definition) is 5. The summed E-state index contributed by atoms with van der Waals surface area (Å²) in [5.41, 5.74) is 2.01. The number of aromatic nitrogens is 4. The second-order valence-corrected chi connectivity index (χ2v) is 7.03. The molecular formula is C19H21N5O3. The molecule has 3 aromatic rings. The molecule has 140 valence electrons. The molecule has 0 amide bonds. The predicted octanol–water partition coefficient (Wildman–Crippen LogP) is 1.80. The van der Waals surface area contributed by atoms with Crippen LogP contribution in [0.3, 0.4) is 0 Å². The highest BCUT2D eigenvalue weighted by molar-refractivity contribution is 5.87. The monoisotopic (exact) mass is 367 g/mol. The molecule has 0 aliphatic carbocycles. The van der Waals surface area contributed by atoms with Gasteiger partial charge in [0.2, 0.25) is 0 Å². The van der Waals surface area contributed by atoms with Crippen molar-refractivity contribution in [3.63, 3.8) is 0 Å². The van der Waals surface area contributed by atoms with E-state index >= 15 is 0 Å². The zero-order chi connectivity index (χ0) is 19.0. The van der Waals surface area contributed by atoms with Crippen LogP contribution in [-0.2, 0) is 6.54 Å². The Labute approximate surface area is 155 Å². The van der Waals surface area contributed by atoms with E-state index in [1.807, 2.05) is 12.1 Å². The van der Waals surface area contributed by atoms with E-state index in [4.69, 9.17) is 5.11 Å². The number of benzene rings is 1. The predicted molar refractivity (Wildman–Crippen MR) is 99.0 cm³/mol. The van der Waals surface area contributed by atoms with Crippen LogP contribution < -0.4 is 5.56 Å². The zero-order valence-electron chi connectivity index (χ0n) is 15.1. The minimum Gasteiger partial charge on any atom is -0.478 e. The second kappa shape index (κ2) is 6.96. The molecule has 0 radical (unpaired) electrons. The number of likely N-dealkylation sites (tertiary alicyclic amines) is 1. The molecular weight excluding hydrogens is 346 g/mol. The molecule has 2 N–H and O–H groups in total. The highest BCUT2D eigenvalue weighted by atomic mass is 16.4. The van der Waals surface area contributed by atoms with Crippen molar-refractivity contribution in [1.29, 1.82) is 0 Å². The van der Waals surface area contributed by atoms with Gasteiger partial charge in [0.25, 0.3) is 11.3 Å². The third kappa shape index (κ3) is 3.61. The largest absolute Gasteiger partial charge is 0.478 e. The maximum Gasteiger partial charge on any atom is 0.335 e. The van der Waals surface area contributed by atoms with Crippen LogP contribution in [-0.4, -0.2) is 48.6 Å². The van der Waals surface area contributed by atoms with Crippen LogP contribution in [0.25, 0.3) is 5.78 Å². The Balaban J connectivity index is 1.50. The van der Waals surface area contributed by atoms with E-state index in [1.165, 1.54) is 4.52 Å². The minimum atomic E-state index is -0.909. The van der Waals surface area contributed by atoms with Crippen molar-refractivity contribution in [2.24, 2.45) is 0 Å². The molecule has 1 fully saturated rings. The lowest BCUT2D eigenvalue weighted by molar-refractivity contribution is 0.0697. The topological polar surface area (TPSA) is 104 Å². The Kier molecular flexibility index (Phi) is 4.49. The lowest BCUT2D eigenvalue weighted by Gasteiger charge is -2.32. The van der Waals surface area contributed by atoms with Crippen molar-refractivity contribution in [2.45, 2.75) is 32.2 Å². The highest BCUT2D eigenvalue weighted by Gasteiger charge is 2.22. The van der Waals surface area contributed by atoms with Crippen LogP contribution in [0.4, 0.5) is 0 Å². The number of carboxylic acid groups (broad SMARTS) is 1. The van der Waals surface area contributed by atoms with Crippen molar-refractivity contribution in [1.82, 2.24) is 24.5 Å². The SMILES string of the molecule is Cc1nc2nc(CN3CCCC(c4ccc(C(=O)O)cc4)C3)cc(=O)n2[nH]1. The average Bonchev–Trinajstić information content (AvgIpc) is 3.03. The zero-order valence-corrected chi connectivity index (χ0v) is 15.1. The molecule has 4 rings (SSSR count). The van der Waals surface area contributed by atoms with Gasteiger partial charge in [-0.2, -0.15) is 9.50 Å². The summed E-state index contributed by atoms with van der Waals surface area (Å²) in [6.07, 6.45) is 2.12. The number of aromatic amines is 1. The first kappa shape index (κ1) is 17.4. The van der Waals surface area contributed by atoms with Gasteiger partial charge in [0, 0.05) is 19.2 Å². The fourth-order valence-electron chi connectivity index (χ4n) is 3.71. The van der Waals surface area contributed by atoms with Crippen LogP contribution in [0.5, 0.6) is 0 Å². The van der Waals surface area contributed by atoms with Gasteiger partial charge in [-0.3, -0.25) is 14.8 Å². The summed E-state index contributed by atoms with van der Waals surface area (Å²) in [5, 5.41) is 11.9. The quantitative estimate of drug-likeness (QED) is 0.729. The molecule has 0 spiro atoms. The van der Waals surface area contributed by atoms with Crippen LogP contribution in [0.2, 0.25) is 0 Å². The summed E-state index contributed by atoms with van der Waals surface area (Å²) in [7, 11) is 0. The van der Waals surface area contributed by atoms with Crippen molar-refractivity contribution >= 4 is 11.7 Å². The van der Waals surface area contributed by atoms with E-state index in [0.29, 0.717) is 35.3 Å². The van der Waals surface area contributed by atoms with Crippen LogP contribution >= 0.6 is 0 Å². The normalized spacial score (nSPS) is 18.0. The Hall–Kier alpha value is -3.00. The summed E-state index contributed by atoms with van der Waals surface area (Å²) in [6, 6.07) is 8.68. The molecule has 2 aromatic heterocycles. The molecule has 1 aromatic carbocycles. The molecule has 1 atom stereocenters. The fraction of sp³-hybridized carbons (Fsp3) is 0.368. The van der Waals surface area contributed by atoms with Gasteiger partial charge in [-0.15, -0.1) is 0 Å². The van der Waals surface area contributed by atoms with E-state index in [1.54, 1.807) is 25.1 Å². The van der Waals surface area contributed by atoms with Crippen molar-refractivity contribution in [3.8, 4) is 0 Å². The highest BCUT2D eigenvalue weighted by Crippen LogP contribution is 2.27. The lowest BCUT2D eigenvalue weighted by atomic mass is 9.90. The second-order valence-electron chi connectivity index (χ2n) is 7.03. The summed E-state index contributed by atoms with van der Waals surface area (Å²) in [5.74, 6) is 0.486. The molecule has 27 heavy (non-hydrogen) atoms. The van der Waals surface area contributed by atoms with Gasteiger partial charge >= 0.3 is 5.97 Å². The number of hydrogen-bond donors (Lipinski definition) is 2. The molecule has 0 bridgehead atoms. The van der Waals surface area contributed by atoms with Gasteiger partial charge in [-0.05, 0) is 49.9 Å². The minimum absolute atomic E-state index is 0.159. The third-order valence-corrected chi connectivity index (χ3v) is 5.02. The number of H-pyrrole nitrogens is 1. The van der Waals surface area contributed by atoms with Gasteiger partial charge < -0.3 is 5.11 Å². The van der Waals surface area contributed by atoms with E-state index < -0.39 is 5.97 Å². The lowest BCUT2D eigenvalue weighted by Crippen LogP contribution is -2.34. The molecule has 3 heterocycles. The number of carboxylic acids is 1. The maximum atomic E-state index is 12.2.